The van der Waals surface area contributed by atoms with Gasteiger partial charge < -0.3 is 24.8 Å². The summed E-state index contributed by atoms with van der Waals surface area (Å²) in [6.07, 6.45) is 1.13. The standard InChI is InChI=1S/C25H35N3O3.HI/c1-4-26-25(27-17-20-10-11-23(31-15-14-29)24(16-20)30-3)28-13-12-22(19(2)18-28)21-8-6-5-7-9-21;/h5-11,16,19,22,29H,4,12-15,17-18H2,1-3H3,(H,26,27);1H. The highest BCUT2D eigenvalue weighted by molar-refractivity contribution is 14.0. The van der Waals surface area contributed by atoms with Crippen LogP contribution in [0.2, 0.25) is 0 Å². The van der Waals surface area contributed by atoms with Gasteiger partial charge in [0.15, 0.2) is 17.5 Å². The fourth-order valence-corrected chi connectivity index (χ4v) is 4.21. The van der Waals surface area contributed by atoms with E-state index in [4.69, 9.17) is 19.6 Å². The Morgan fingerprint density at radius 1 is 1.19 bits per heavy atom. The third-order valence-corrected chi connectivity index (χ3v) is 5.76. The minimum Gasteiger partial charge on any atom is -0.493 e. The van der Waals surface area contributed by atoms with Gasteiger partial charge in [-0.05, 0) is 48.4 Å². The number of aliphatic imine (C=N–C) groups is 1. The van der Waals surface area contributed by atoms with Crippen LogP contribution in [0.15, 0.2) is 53.5 Å². The molecule has 176 valence electrons. The first-order chi connectivity index (χ1) is 15.2. The van der Waals surface area contributed by atoms with Gasteiger partial charge in [-0.15, -0.1) is 24.0 Å². The number of hydrogen-bond donors (Lipinski definition) is 2. The normalized spacial score (nSPS) is 18.6. The molecule has 3 rings (SSSR count). The highest BCUT2D eigenvalue weighted by atomic mass is 127. The Kier molecular flexibility index (Phi) is 11.1. The second kappa shape index (κ2) is 13.5. The van der Waals surface area contributed by atoms with Gasteiger partial charge in [0.2, 0.25) is 0 Å². The van der Waals surface area contributed by atoms with Crippen LogP contribution in [-0.4, -0.2) is 55.9 Å². The first kappa shape index (κ1) is 26.3. The first-order valence-electron chi connectivity index (χ1n) is 11.1. The summed E-state index contributed by atoms with van der Waals surface area (Å²) in [5.41, 5.74) is 2.49. The third kappa shape index (κ3) is 7.00. The number of nitrogens with zero attached hydrogens (tertiary/aromatic N) is 2. The molecule has 0 saturated carbocycles. The maximum atomic E-state index is 8.97. The summed E-state index contributed by atoms with van der Waals surface area (Å²) < 4.78 is 11.0. The molecule has 0 bridgehead atoms. The Morgan fingerprint density at radius 3 is 2.62 bits per heavy atom. The molecule has 1 fully saturated rings. The zero-order valence-corrected chi connectivity index (χ0v) is 21.6. The molecule has 6 nitrogen and oxygen atoms in total. The van der Waals surface area contributed by atoms with Gasteiger partial charge >= 0.3 is 0 Å². The van der Waals surface area contributed by atoms with Crippen LogP contribution < -0.4 is 14.8 Å². The summed E-state index contributed by atoms with van der Waals surface area (Å²) in [4.78, 5) is 7.28. The van der Waals surface area contributed by atoms with Crippen molar-refractivity contribution in [1.82, 2.24) is 10.2 Å². The summed E-state index contributed by atoms with van der Waals surface area (Å²) in [6, 6.07) is 16.7. The molecule has 7 heteroatoms. The molecule has 2 aromatic rings. The van der Waals surface area contributed by atoms with Crippen LogP contribution in [0.1, 0.15) is 37.3 Å². The number of hydrogen-bond acceptors (Lipinski definition) is 4. The van der Waals surface area contributed by atoms with E-state index < -0.39 is 0 Å². The average molecular weight is 553 g/mol. The van der Waals surface area contributed by atoms with Gasteiger partial charge in [-0.25, -0.2) is 4.99 Å². The minimum atomic E-state index is -0.0271. The van der Waals surface area contributed by atoms with Crippen molar-refractivity contribution < 1.29 is 14.6 Å². The van der Waals surface area contributed by atoms with E-state index in [1.54, 1.807) is 7.11 Å². The van der Waals surface area contributed by atoms with Gasteiger partial charge in [-0.1, -0.05) is 43.3 Å². The molecule has 1 aliphatic rings. The molecule has 2 N–H and O–H groups in total. The molecule has 2 aromatic carbocycles. The van der Waals surface area contributed by atoms with Crippen LogP contribution in [0.5, 0.6) is 11.5 Å². The van der Waals surface area contributed by atoms with Gasteiger partial charge in [0.25, 0.3) is 0 Å². The molecular weight excluding hydrogens is 517 g/mol. The SMILES string of the molecule is CCNC(=NCc1ccc(OCCO)c(OC)c1)N1CCC(c2ccccc2)C(C)C1.I. The number of aliphatic hydroxyl groups excluding tert-OH is 1. The van der Waals surface area contributed by atoms with Crippen molar-refractivity contribution in [3.8, 4) is 11.5 Å². The molecule has 0 spiro atoms. The van der Waals surface area contributed by atoms with E-state index in [0.717, 1.165) is 37.6 Å². The number of piperidine rings is 1. The van der Waals surface area contributed by atoms with Crippen LogP contribution in [0, 0.1) is 5.92 Å². The fourth-order valence-electron chi connectivity index (χ4n) is 4.21. The number of methoxy groups -OCH3 is 1. The maximum absolute atomic E-state index is 8.97. The molecule has 1 heterocycles. The quantitative estimate of drug-likeness (QED) is 0.291. The maximum Gasteiger partial charge on any atom is 0.194 e. The first-order valence-corrected chi connectivity index (χ1v) is 11.1. The Balaban J connectivity index is 0.00000363. The molecular formula is C25H36IN3O3. The van der Waals surface area contributed by atoms with Crippen LogP contribution in [0.3, 0.4) is 0 Å². The van der Waals surface area contributed by atoms with Crippen molar-refractivity contribution in [2.75, 3.05) is 40.0 Å². The number of guanidine groups is 1. The number of rotatable bonds is 8. The third-order valence-electron chi connectivity index (χ3n) is 5.76. The van der Waals surface area contributed by atoms with Crippen molar-refractivity contribution in [2.45, 2.75) is 32.7 Å². The second-order valence-corrected chi connectivity index (χ2v) is 7.96. The van der Waals surface area contributed by atoms with Gasteiger partial charge in [0.05, 0.1) is 20.3 Å². The Hall–Kier alpha value is -2.00. The monoisotopic (exact) mass is 553 g/mol. The summed E-state index contributed by atoms with van der Waals surface area (Å²) in [6.45, 7) is 8.04. The zero-order chi connectivity index (χ0) is 22.1. The van der Waals surface area contributed by atoms with Crippen molar-refractivity contribution in [1.29, 1.82) is 0 Å². The van der Waals surface area contributed by atoms with Gasteiger partial charge in [-0.3, -0.25) is 0 Å². The van der Waals surface area contributed by atoms with Crippen molar-refractivity contribution >= 4 is 29.9 Å². The summed E-state index contributed by atoms with van der Waals surface area (Å²) in [5.74, 6) is 3.40. The zero-order valence-electron chi connectivity index (χ0n) is 19.3. The van der Waals surface area contributed by atoms with E-state index >= 15 is 0 Å². The topological polar surface area (TPSA) is 66.3 Å². The van der Waals surface area contributed by atoms with Crippen LogP contribution in [0.4, 0.5) is 0 Å². The summed E-state index contributed by atoms with van der Waals surface area (Å²) in [7, 11) is 1.62. The summed E-state index contributed by atoms with van der Waals surface area (Å²) >= 11 is 0. The highest BCUT2D eigenvalue weighted by Crippen LogP contribution is 2.33. The molecule has 0 amide bonds. The minimum absolute atomic E-state index is 0. The van der Waals surface area contributed by atoms with Crippen LogP contribution in [-0.2, 0) is 6.54 Å². The largest absolute Gasteiger partial charge is 0.493 e. The van der Waals surface area contributed by atoms with Crippen molar-refractivity contribution in [2.24, 2.45) is 10.9 Å². The lowest BCUT2D eigenvalue weighted by Gasteiger charge is -2.39. The number of likely N-dealkylation sites (tertiary alicyclic amines) is 1. The van der Waals surface area contributed by atoms with Crippen molar-refractivity contribution in [3.63, 3.8) is 0 Å². The Bertz CT molecular complexity index is 848. The number of benzene rings is 2. The molecule has 0 radical (unpaired) electrons. The lowest BCUT2D eigenvalue weighted by Crippen LogP contribution is -2.48. The lowest BCUT2D eigenvalue weighted by atomic mass is 9.82. The molecule has 0 aromatic heterocycles. The molecule has 32 heavy (non-hydrogen) atoms. The molecule has 1 aliphatic heterocycles. The van der Waals surface area contributed by atoms with Gasteiger partial charge in [-0.2, -0.15) is 0 Å². The molecule has 2 atom stereocenters. The van der Waals surface area contributed by atoms with Gasteiger partial charge in [0, 0.05) is 19.6 Å². The van der Waals surface area contributed by atoms with E-state index in [0.29, 0.717) is 29.9 Å². The average Bonchev–Trinajstić information content (AvgIpc) is 2.81. The fraction of sp³-hybridized carbons (Fsp3) is 0.480. The predicted molar refractivity (Wildman–Crippen MR) is 140 cm³/mol. The second-order valence-electron chi connectivity index (χ2n) is 7.96. The number of ether oxygens (including phenoxy) is 2. The van der Waals surface area contributed by atoms with Crippen molar-refractivity contribution in [3.05, 3.63) is 59.7 Å². The van der Waals surface area contributed by atoms with E-state index in [1.165, 1.54) is 5.56 Å². The Labute approximate surface area is 209 Å². The van der Waals surface area contributed by atoms with E-state index in [-0.39, 0.29) is 37.2 Å². The van der Waals surface area contributed by atoms with E-state index in [1.807, 2.05) is 18.2 Å². The summed E-state index contributed by atoms with van der Waals surface area (Å²) in [5, 5.41) is 12.4. The smallest absolute Gasteiger partial charge is 0.194 e. The number of halogens is 1. The van der Waals surface area contributed by atoms with Crippen LogP contribution >= 0.6 is 24.0 Å². The number of aliphatic hydroxyl groups is 1. The highest BCUT2D eigenvalue weighted by Gasteiger charge is 2.28. The van der Waals surface area contributed by atoms with Crippen LogP contribution in [0.25, 0.3) is 0 Å². The van der Waals surface area contributed by atoms with E-state index in [9.17, 15) is 0 Å². The predicted octanol–water partition coefficient (Wildman–Crippen LogP) is 4.28. The number of nitrogens with one attached hydrogen (secondary N) is 1. The molecule has 0 aliphatic carbocycles. The van der Waals surface area contributed by atoms with E-state index in [2.05, 4.69) is 54.4 Å². The molecule has 1 saturated heterocycles. The Morgan fingerprint density at radius 2 is 1.97 bits per heavy atom. The lowest BCUT2D eigenvalue weighted by molar-refractivity contribution is 0.196. The molecule has 2 unspecified atom stereocenters. The van der Waals surface area contributed by atoms with Gasteiger partial charge in [0.1, 0.15) is 6.61 Å².